The lowest BCUT2D eigenvalue weighted by atomic mass is 9.95. The van der Waals surface area contributed by atoms with Crippen LogP contribution in [0.2, 0.25) is 0 Å². The van der Waals surface area contributed by atoms with Gasteiger partial charge in [0.15, 0.2) is 0 Å². The molecule has 0 saturated heterocycles. The molecular weight excluding hydrogens is 290 g/mol. The SMILES string of the molecule is CSC1CCCC(NCC(O)COCc2cccs2)C1. The van der Waals surface area contributed by atoms with E-state index < -0.39 is 6.10 Å². The van der Waals surface area contributed by atoms with E-state index in [1.54, 1.807) is 11.3 Å². The van der Waals surface area contributed by atoms with Gasteiger partial charge in [-0.2, -0.15) is 11.8 Å². The van der Waals surface area contributed by atoms with Crippen LogP contribution in [-0.4, -0.2) is 41.9 Å². The van der Waals surface area contributed by atoms with E-state index in [1.165, 1.54) is 30.6 Å². The lowest BCUT2D eigenvalue weighted by molar-refractivity contribution is 0.0280. The molecule has 0 spiro atoms. The van der Waals surface area contributed by atoms with Crippen LogP contribution in [0.5, 0.6) is 0 Å². The number of rotatable bonds is 8. The maximum Gasteiger partial charge on any atom is 0.0897 e. The molecule has 0 radical (unpaired) electrons. The minimum atomic E-state index is -0.412. The molecule has 114 valence electrons. The summed E-state index contributed by atoms with van der Waals surface area (Å²) in [5, 5.41) is 16.3. The number of hydrogen-bond donors (Lipinski definition) is 2. The fourth-order valence-electron chi connectivity index (χ4n) is 2.60. The number of hydrogen-bond acceptors (Lipinski definition) is 5. The number of aliphatic hydroxyl groups excluding tert-OH is 1. The smallest absolute Gasteiger partial charge is 0.0897 e. The second kappa shape index (κ2) is 9.05. The van der Waals surface area contributed by atoms with Crippen LogP contribution in [0.25, 0.3) is 0 Å². The molecule has 1 fully saturated rings. The molecule has 2 N–H and O–H groups in total. The van der Waals surface area contributed by atoms with Crippen molar-refractivity contribution in [1.29, 1.82) is 0 Å². The molecule has 20 heavy (non-hydrogen) atoms. The van der Waals surface area contributed by atoms with Crippen molar-refractivity contribution in [3.8, 4) is 0 Å². The Bertz CT molecular complexity index is 359. The minimum Gasteiger partial charge on any atom is -0.389 e. The summed E-state index contributed by atoms with van der Waals surface area (Å²) >= 11 is 3.66. The average Bonchev–Trinajstić information content (AvgIpc) is 2.98. The fraction of sp³-hybridized carbons (Fsp3) is 0.733. The molecule has 5 heteroatoms. The number of thioether (sulfide) groups is 1. The Labute approximate surface area is 130 Å². The third-order valence-electron chi connectivity index (χ3n) is 3.74. The third kappa shape index (κ3) is 5.74. The molecule has 0 aromatic carbocycles. The van der Waals surface area contributed by atoms with Crippen molar-refractivity contribution in [2.75, 3.05) is 19.4 Å². The summed E-state index contributed by atoms with van der Waals surface area (Å²) in [4.78, 5) is 1.21. The van der Waals surface area contributed by atoms with Gasteiger partial charge in [0.25, 0.3) is 0 Å². The highest BCUT2D eigenvalue weighted by molar-refractivity contribution is 7.99. The van der Waals surface area contributed by atoms with Crippen LogP contribution in [-0.2, 0) is 11.3 Å². The second-order valence-electron chi connectivity index (χ2n) is 5.38. The van der Waals surface area contributed by atoms with Gasteiger partial charge in [-0.25, -0.2) is 0 Å². The summed E-state index contributed by atoms with van der Waals surface area (Å²) in [6.45, 7) is 1.65. The van der Waals surface area contributed by atoms with Crippen LogP contribution < -0.4 is 5.32 Å². The summed E-state index contributed by atoms with van der Waals surface area (Å²) in [6.07, 6.45) is 6.88. The van der Waals surface area contributed by atoms with Crippen LogP contribution in [0.1, 0.15) is 30.6 Å². The first-order valence-corrected chi connectivity index (χ1v) is 9.49. The van der Waals surface area contributed by atoms with E-state index in [4.69, 9.17) is 4.74 Å². The average molecular weight is 316 g/mol. The normalized spacial score (nSPS) is 24.7. The zero-order chi connectivity index (χ0) is 14.2. The Morgan fingerprint density at radius 3 is 3.20 bits per heavy atom. The van der Waals surface area contributed by atoms with Gasteiger partial charge in [-0.3, -0.25) is 0 Å². The monoisotopic (exact) mass is 315 g/mol. The van der Waals surface area contributed by atoms with Crippen LogP contribution in [0.3, 0.4) is 0 Å². The number of ether oxygens (including phenoxy) is 1. The molecule has 3 atom stereocenters. The van der Waals surface area contributed by atoms with Gasteiger partial charge >= 0.3 is 0 Å². The molecule has 1 aliphatic carbocycles. The molecule has 1 aromatic rings. The Kier molecular flexibility index (Phi) is 7.38. The second-order valence-corrected chi connectivity index (χ2v) is 7.55. The highest BCUT2D eigenvalue weighted by Crippen LogP contribution is 2.26. The maximum atomic E-state index is 9.94. The van der Waals surface area contributed by atoms with Gasteiger partial charge in [0.1, 0.15) is 0 Å². The van der Waals surface area contributed by atoms with Gasteiger partial charge in [0.05, 0.1) is 19.3 Å². The Morgan fingerprint density at radius 2 is 2.45 bits per heavy atom. The lowest BCUT2D eigenvalue weighted by Crippen LogP contribution is -2.40. The summed E-state index contributed by atoms with van der Waals surface area (Å²) in [5.41, 5.74) is 0. The molecule has 3 unspecified atom stereocenters. The van der Waals surface area contributed by atoms with Gasteiger partial charge in [0, 0.05) is 22.7 Å². The molecule has 0 amide bonds. The van der Waals surface area contributed by atoms with E-state index in [-0.39, 0.29) is 0 Å². The third-order valence-corrected chi connectivity index (χ3v) is 5.68. The minimum absolute atomic E-state index is 0.406. The molecule has 1 heterocycles. The summed E-state index contributed by atoms with van der Waals surface area (Å²) in [5.74, 6) is 0. The van der Waals surface area contributed by atoms with Gasteiger partial charge in [-0.1, -0.05) is 12.5 Å². The molecule has 0 bridgehead atoms. The standard InChI is InChI=1S/C15H25NO2S2/c1-19-14-5-2-4-12(8-14)16-9-13(17)10-18-11-15-6-3-7-20-15/h3,6-7,12-14,16-17H,2,4-5,8-11H2,1H3. The Morgan fingerprint density at radius 1 is 1.55 bits per heavy atom. The first-order valence-electron chi connectivity index (χ1n) is 7.32. The molecular formula is C15H25NO2S2. The van der Waals surface area contributed by atoms with E-state index in [0.717, 1.165) is 5.25 Å². The molecule has 2 rings (SSSR count). The Balaban J connectivity index is 1.56. The van der Waals surface area contributed by atoms with E-state index in [1.807, 2.05) is 23.2 Å². The van der Waals surface area contributed by atoms with Gasteiger partial charge in [-0.15, -0.1) is 11.3 Å². The summed E-state index contributed by atoms with van der Waals surface area (Å²) < 4.78 is 5.54. The van der Waals surface area contributed by atoms with Gasteiger partial charge in [0.2, 0.25) is 0 Å². The van der Waals surface area contributed by atoms with Gasteiger partial charge in [-0.05, 0) is 37.0 Å². The predicted octanol–water partition coefficient (Wildman–Crippen LogP) is 2.89. The largest absolute Gasteiger partial charge is 0.389 e. The quantitative estimate of drug-likeness (QED) is 0.774. The summed E-state index contributed by atoms with van der Waals surface area (Å²) in [6, 6.07) is 4.64. The van der Waals surface area contributed by atoms with Crippen molar-refractivity contribution in [3.63, 3.8) is 0 Å². The number of aliphatic hydroxyl groups is 1. The lowest BCUT2D eigenvalue weighted by Gasteiger charge is -2.29. The van der Waals surface area contributed by atoms with Crippen molar-refractivity contribution in [3.05, 3.63) is 22.4 Å². The molecule has 1 saturated carbocycles. The molecule has 3 nitrogen and oxygen atoms in total. The van der Waals surface area contributed by atoms with Crippen molar-refractivity contribution in [2.24, 2.45) is 0 Å². The van der Waals surface area contributed by atoms with E-state index in [9.17, 15) is 5.11 Å². The molecule has 0 aliphatic heterocycles. The number of nitrogens with one attached hydrogen (secondary N) is 1. The molecule has 1 aromatic heterocycles. The highest BCUT2D eigenvalue weighted by atomic mass is 32.2. The summed E-state index contributed by atoms with van der Waals surface area (Å²) in [7, 11) is 0. The zero-order valence-corrected chi connectivity index (χ0v) is 13.7. The number of thiophene rings is 1. The highest BCUT2D eigenvalue weighted by Gasteiger charge is 2.21. The van der Waals surface area contributed by atoms with Gasteiger partial charge < -0.3 is 15.2 Å². The Hall–Kier alpha value is -0.0700. The van der Waals surface area contributed by atoms with Crippen LogP contribution in [0.4, 0.5) is 0 Å². The van der Waals surface area contributed by atoms with Crippen molar-refractivity contribution in [1.82, 2.24) is 5.32 Å². The van der Waals surface area contributed by atoms with E-state index >= 15 is 0 Å². The maximum absolute atomic E-state index is 9.94. The van der Waals surface area contributed by atoms with E-state index in [0.29, 0.717) is 25.8 Å². The zero-order valence-electron chi connectivity index (χ0n) is 12.1. The van der Waals surface area contributed by atoms with Crippen molar-refractivity contribution in [2.45, 2.75) is 49.7 Å². The first-order chi connectivity index (χ1) is 9.78. The predicted molar refractivity (Wildman–Crippen MR) is 87.5 cm³/mol. The van der Waals surface area contributed by atoms with Crippen molar-refractivity contribution < 1.29 is 9.84 Å². The van der Waals surface area contributed by atoms with Crippen LogP contribution in [0.15, 0.2) is 17.5 Å². The van der Waals surface area contributed by atoms with Crippen LogP contribution in [0, 0.1) is 0 Å². The first kappa shape index (κ1) is 16.3. The van der Waals surface area contributed by atoms with Crippen LogP contribution >= 0.6 is 23.1 Å². The molecule has 1 aliphatic rings. The fourth-order valence-corrected chi connectivity index (χ4v) is 4.06. The van der Waals surface area contributed by atoms with E-state index in [2.05, 4.69) is 17.6 Å². The van der Waals surface area contributed by atoms with Crippen molar-refractivity contribution >= 4 is 23.1 Å². The topological polar surface area (TPSA) is 41.5 Å².